The standard InChI is InChI=1S/C23H26N2O2/c1-23(2,25-14-16-27-17-15-25)18-24-22(26)21-12-10-20(11-13-21)9-8-19-6-4-3-5-7-19/h3-7,10-13H,14-18H2,1-2H3,(H,24,26). The first kappa shape index (κ1) is 19.2. The molecule has 1 fully saturated rings. The molecule has 2 aromatic rings. The molecule has 1 saturated heterocycles. The predicted octanol–water partition coefficient (Wildman–Crippen LogP) is 2.93. The largest absolute Gasteiger partial charge is 0.379 e. The van der Waals surface area contributed by atoms with Crippen LogP contribution in [0.5, 0.6) is 0 Å². The number of nitrogens with zero attached hydrogens (tertiary/aromatic N) is 1. The fraction of sp³-hybridized carbons (Fsp3) is 0.348. The molecule has 0 aromatic heterocycles. The van der Waals surface area contributed by atoms with Gasteiger partial charge in [0.1, 0.15) is 0 Å². The lowest BCUT2D eigenvalue weighted by Crippen LogP contribution is -2.55. The van der Waals surface area contributed by atoms with Gasteiger partial charge >= 0.3 is 0 Å². The minimum atomic E-state index is -0.0967. The maximum Gasteiger partial charge on any atom is 0.251 e. The topological polar surface area (TPSA) is 41.6 Å². The minimum absolute atomic E-state index is 0.0566. The van der Waals surface area contributed by atoms with Gasteiger partial charge in [0.25, 0.3) is 5.91 Å². The second kappa shape index (κ2) is 8.85. The van der Waals surface area contributed by atoms with E-state index in [2.05, 4.69) is 35.9 Å². The van der Waals surface area contributed by atoms with Crippen LogP contribution in [-0.4, -0.2) is 49.2 Å². The van der Waals surface area contributed by atoms with Gasteiger partial charge in [-0.2, -0.15) is 0 Å². The summed E-state index contributed by atoms with van der Waals surface area (Å²) in [5.74, 6) is 6.19. The molecule has 0 radical (unpaired) electrons. The number of morpholine rings is 1. The summed E-state index contributed by atoms with van der Waals surface area (Å²) in [5, 5.41) is 3.06. The second-order valence-corrected chi connectivity index (χ2v) is 7.29. The van der Waals surface area contributed by atoms with E-state index in [1.54, 1.807) is 0 Å². The molecule has 140 valence electrons. The Bertz CT molecular complexity index is 811. The van der Waals surface area contributed by atoms with Crippen LogP contribution in [0, 0.1) is 11.8 Å². The van der Waals surface area contributed by atoms with Gasteiger partial charge in [-0.1, -0.05) is 30.0 Å². The van der Waals surface area contributed by atoms with Crippen molar-refractivity contribution in [2.75, 3.05) is 32.8 Å². The van der Waals surface area contributed by atoms with Gasteiger partial charge in [-0.05, 0) is 50.2 Å². The molecule has 27 heavy (non-hydrogen) atoms. The molecule has 4 heteroatoms. The summed E-state index contributed by atoms with van der Waals surface area (Å²) in [6, 6.07) is 17.3. The molecule has 0 unspecified atom stereocenters. The highest BCUT2D eigenvalue weighted by Gasteiger charge is 2.28. The Morgan fingerprint density at radius 1 is 1.00 bits per heavy atom. The van der Waals surface area contributed by atoms with Crippen LogP contribution in [0.15, 0.2) is 54.6 Å². The van der Waals surface area contributed by atoms with Gasteiger partial charge in [-0.15, -0.1) is 0 Å². The van der Waals surface area contributed by atoms with Gasteiger partial charge in [0.15, 0.2) is 0 Å². The van der Waals surface area contributed by atoms with Crippen molar-refractivity contribution in [3.63, 3.8) is 0 Å². The highest BCUT2D eigenvalue weighted by atomic mass is 16.5. The zero-order valence-corrected chi connectivity index (χ0v) is 16.0. The van der Waals surface area contributed by atoms with Crippen LogP contribution in [0.25, 0.3) is 0 Å². The van der Waals surface area contributed by atoms with E-state index in [4.69, 9.17) is 4.74 Å². The Labute approximate surface area is 161 Å². The monoisotopic (exact) mass is 362 g/mol. The summed E-state index contributed by atoms with van der Waals surface area (Å²) in [6.07, 6.45) is 0. The Balaban J connectivity index is 1.57. The zero-order valence-electron chi connectivity index (χ0n) is 16.0. The predicted molar refractivity (Wildman–Crippen MR) is 108 cm³/mol. The van der Waals surface area contributed by atoms with Crippen molar-refractivity contribution in [3.8, 4) is 11.8 Å². The molecular formula is C23H26N2O2. The van der Waals surface area contributed by atoms with Crippen LogP contribution in [0.1, 0.15) is 35.3 Å². The smallest absolute Gasteiger partial charge is 0.251 e. The van der Waals surface area contributed by atoms with Gasteiger partial charge in [0, 0.05) is 41.9 Å². The lowest BCUT2D eigenvalue weighted by molar-refractivity contribution is -0.00923. The molecule has 3 rings (SSSR count). The number of hydrogen-bond donors (Lipinski definition) is 1. The fourth-order valence-electron chi connectivity index (χ4n) is 3.05. The molecule has 0 bridgehead atoms. The Hall–Kier alpha value is -2.61. The first-order valence-corrected chi connectivity index (χ1v) is 9.33. The molecule has 2 aromatic carbocycles. The van der Waals surface area contributed by atoms with Crippen LogP contribution in [0.2, 0.25) is 0 Å². The molecule has 0 aliphatic carbocycles. The maximum atomic E-state index is 12.5. The molecule has 1 heterocycles. The van der Waals surface area contributed by atoms with Crippen molar-refractivity contribution in [2.24, 2.45) is 0 Å². The number of carbonyl (C=O) groups is 1. The van der Waals surface area contributed by atoms with Gasteiger partial charge in [0.2, 0.25) is 0 Å². The number of rotatable bonds is 4. The van der Waals surface area contributed by atoms with Crippen molar-refractivity contribution < 1.29 is 9.53 Å². The second-order valence-electron chi connectivity index (χ2n) is 7.29. The normalized spacial score (nSPS) is 14.9. The summed E-state index contributed by atoms with van der Waals surface area (Å²) in [6.45, 7) is 8.21. The quantitative estimate of drug-likeness (QED) is 0.851. The summed E-state index contributed by atoms with van der Waals surface area (Å²) >= 11 is 0. The summed E-state index contributed by atoms with van der Waals surface area (Å²) in [5.41, 5.74) is 2.42. The van der Waals surface area contributed by atoms with Crippen molar-refractivity contribution >= 4 is 5.91 Å². The Kier molecular flexibility index (Phi) is 6.28. The summed E-state index contributed by atoms with van der Waals surface area (Å²) in [7, 11) is 0. The Morgan fingerprint density at radius 2 is 1.59 bits per heavy atom. The van der Waals surface area contributed by atoms with E-state index in [1.807, 2.05) is 54.6 Å². The Morgan fingerprint density at radius 3 is 2.22 bits per heavy atom. The van der Waals surface area contributed by atoms with Gasteiger partial charge in [-0.25, -0.2) is 0 Å². The molecule has 1 aliphatic heterocycles. The number of carbonyl (C=O) groups excluding carboxylic acids is 1. The number of nitrogens with one attached hydrogen (secondary N) is 1. The lowest BCUT2D eigenvalue weighted by atomic mass is 10.0. The van der Waals surface area contributed by atoms with E-state index in [-0.39, 0.29) is 11.4 Å². The molecule has 0 saturated carbocycles. The van der Waals surface area contributed by atoms with Crippen LogP contribution in [-0.2, 0) is 4.74 Å². The number of hydrogen-bond acceptors (Lipinski definition) is 3. The third-order valence-electron chi connectivity index (χ3n) is 4.82. The third kappa shape index (κ3) is 5.43. The van der Waals surface area contributed by atoms with E-state index in [0.29, 0.717) is 12.1 Å². The lowest BCUT2D eigenvalue weighted by Gasteiger charge is -2.40. The molecular weight excluding hydrogens is 336 g/mol. The van der Waals surface area contributed by atoms with Crippen LogP contribution in [0.3, 0.4) is 0 Å². The third-order valence-corrected chi connectivity index (χ3v) is 4.82. The summed E-state index contributed by atoms with van der Waals surface area (Å²) in [4.78, 5) is 14.8. The highest BCUT2D eigenvalue weighted by Crippen LogP contribution is 2.15. The molecule has 4 nitrogen and oxygen atoms in total. The van der Waals surface area contributed by atoms with Crippen molar-refractivity contribution in [2.45, 2.75) is 19.4 Å². The average Bonchev–Trinajstić information content (AvgIpc) is 2.72. The van der Waals surface area contributed by atoms with Crippen LogP contribution >= 0.6 is 0 Å². The van der Waals surface area contributed by atoms with Gasteiger partial charge in [-0.3, -0.25) is 9.69 Å². The van der Waals surface area contributed by atoms with Gasteiger partial charge in [0.05, 0.1) is 13.2 Å². The van der Waals surface area contributed by atoms with E-state index >= 15 is 0 Å². The first-order valence-electron chi connectivity index (χ1n) is 9.33. The van der Waals surface area contributed by atoms with Crippen LogP contribution in [0.4, 0.5) is 0 Å². The van der Waals surface area contributed by atoms with E-state index in [0.717, 1.165) is 37.4 Å². The maximum absolute atomic E-state index is 12.5. The first-order chi connectivity index (χ1) is 13.0. The average molecular weight is 362 g/mol. The number of amides is 1. The van der Waals surface area contributed by atoms with Crippen molar-refractivity contribution in [1.82, 2.24) is 10.2 Å². The van der Waals surface area contributed by atoms with Crippen molar-refractivity contribution in [3.05, 3.63) is 71.3 Å². The molecule has 1 N–H and O–H groups in total. The van der Waals surface area contributed by atoms with Crippen molar-refractivity contribution in [1.29, 1.82) is 0 Å². The molecule has 0 spiro atoms. The molecule has 1 amide bonds. The van der Waals surface area contributed by atoms with Crippen LogP contribution < -0.4 is 5.32 Å². The number of ether oxygens (including phenoxy) is 1. The highest BCUT2D eigenvalue weighted by molar-refractivity contribution is 5.94. The van der Waals surface area contributed by atoms with E-state index in [1.165, 1.54) is 0 Å². The van der Waals surface area contributed by atoms with E-state index in [9.17, 15) is 4.79 Å². The van der Waals surface area contributed by atoms with Gasteiger partial charge < -0.3 is 10.1 Å². The summed E-state index contributed by atoms with van der Waals surface area (Å²) < 4.78 is 5.41. The molecule has 0 atom stereocenters. The zero-order chi connectivity index (χ0) is 19.1. The molecule has 1 aliphatic rings. The fourth-order valence-corrected chi connectivity index (χ4v) is 3.05. The van der Waals surface area contributed by atoms with E-state index < -0.39 is 0 Å². The minimum Gasteiger partial charge on any atom is -0.379 e. The SMILES string of the molecule is CC(C)(CNC(=O)c1ccc(C#Cc2ccccc2)cc1)N1CCOCC1. The number of benzene rings is 2.